The fraction of sp³-hybridized carbons (Fsp3) is 0.692. The third kappa shape index (κ3) is 3.75. The highest BCUT2D eigenvalue weighted by Crippen LogP contribution is 2.29. The van der Waals surface area contributed by atoms with Crippen LogP contribution in [0.4, 0.5) is 24.8 Å². The lowest BCUT2D eigenvalue weighted by molar-refractivity contribution is -0.144. The van der Waals surface area contributed by atoms with Crippen LogP contribution in [0.5, 0.6) is 0 Å². The van der Waals surface area contributed by atoms with E-state index in [4.69, 9.17) is 0 Å². The quantitative estimate of drug-likeness (QED) is 0.922. The van der Waals surface area contributed by atoms with Crippen molar-refractivity contribution >= 4 is 11.6 Å². The van der Waals surface area contributed by atoms with E-state index in [1.54, 1.807) is 11.9 Å². The first-order valence-electron chi connectivity index (χ1n) is 6.86. The minimum absolute atomic E-state index is 0.166. The first-order chi connectivity index (χ1) is 9.81. The maximum Gasteiger partial charge on any atom is 0.451 e. The molecule has 0 saturated carbocycles. The molecular weight excluding hydrogens is 283 g/mol. The summed E-state index contributed by atoms with van der Waals surface area (Å²) in [4.78, 5) is 11.1. The summed E-state index contributed by atoms with van der Waals surface area (Å²) in [6.45, 7) is 1.67. The molecule has 21 heavy (non-hydrogen) atoms. The summed E-state index contributed by atoms with van der Waals surface area (Å²) in [5, 5.41) is 2.65. The average Bonchev–Trinajstić information content (AvgIpc) is 2.82. The summed E-state index contributed by atoms with van der Waals surface area (Å²) < 4.78 is 38.5. The number of anilines is 2. The van der Waals surface area contributed by atoms with Crippen LogP contribution in [0.3, 0.4) is 0 Å². The lowest BCUT2D eigenvalue weighted by atomic mass is 10.2. The Balaban J connectivity index is 2.21. The molecule has 0 amide bonds. The normalized spacial score (nSPS) is 19.8. The van der Waals surface area contributed by atoms with Crippen LogP contribution in [-0.2, 0) is 6.18 Å². The molecule has 0 aromatic carbocycles. The Kier molecular flexibility index (Phi) is 4.55. The first kappa shape index (κ1) is 15.8. The summed E-state index contributed by atoms with van der Waals surface area (Å²) in [6, 6.07) is 1.88. The lowest BCUT2D eigenvalue weighted by Crippen LogP contribution is -2.37. The zero-order chi connectivity index (χ0) is 15.6. The number of rotatable bonds is 4. The van der Waals surface area contributed by atoms with E-state index in [-0.39, 0.29) is 11.6 Å². The molecule has 118 valence electrons. The minimum Gasteiger partial charge on any atom is -0.373 e. The highest BCUT2D eigenvalue weighted by molar-refractivity contribution is 5.49. The molecule has 0 spiro atoms. The van der Waals surface area contributed by atoms with Gasteiger partial charge in [0, 0.05) is 32.7 Å². The van der Waals surface area contributed by atoms with Crippen LogP contribution in [0.2, 0.25) is 0 Å². The van der Waals surface area contributed by atoms with Crippen LogP contribution < -0.4 is 10.2 Å². The molecule has 0 radical (unpaired) electrons. The molecule has 2 rings (SSSR count). The Bertz CT molecular complexity index is 491. The van der Waals surface area contributed by atoms with E-state index in [1.807, 2.05) is 7.05 Å². The standard InChI is InChI=1S/C13H20F3N5/c1-17-10-7-11(19-12(18-10)13(14,15)16)21(3)8-9-5-4-6-20(9)2/h7,9H,4-6,8H2,1-3H3,(H,17,18,19). The van der Waals surface area contributed by atoms with Gasteiger partial charge in [-0.15, -0.1) is 0 Å². The van der Waals surface area contributed by atoms with E-state index in [0.29, 0.717) is 12.6 Å². The van der Waals surface area contributed by atoms with E-state index in [0.717, 1.165) is 19.4 Å². The van der Waals surface area contributed by atoms with Crippen LogP contribution in [-0.4, -0.2) is 55.1 Å². The van der Waals surface area contributed by atoms with Gasteiger partial charge in [-0.25, -0.2) is 9.97 Å². The first-order valence-corrected chi connectivity index (χ1v) is 6.86. The van der Waals surface area contributed by atoms with Gasteiger partial charge in [-0.3, -0.25) is 0 Å². The van der Waals surface area contributed by atoms with Crippen molar-refractivity contribution in [2.45, 2.75) is 25.1 Å². The van der Waals surface area contributed by atoms with Gasteiger partial charge >= 0.3 is 6.18 Å². The number of likely N-dealkylation sites (N-methyl/N-ethyl adjacent to an activating group) is 2. The molecule has 1 fully saturated rings. The van der Waals surface area contributed by atoms with Gasteiger partial charge in [0.15, 0.2) is 0 Å². The van der Waals surface area contributed by atoms with Crippen LogP contribution in [0.1, 0.15) is 18.7 Å². The van der Waals surface area contributed by atoms with Crippen molar-refractivity contribution in [3.63, 3.8) is 0 Å². The van der Waals surface area contributed by atoms with E-state index < -0.39 is 12.0 Å². The minimum atomic E-state index is -4.55. The maximum absolute atomic E-state index is 12.8. The summed E-state index contributed by atoms with van der Waals surface area (Å²) in [6.07, 6.45) is -2.38. The van der Waals surface area contributed by atoms with Crippen LogP contribution in [0, 0.1) is 0 Å². The predicted octanol–water partition coefficient (Wildman–Crippen LogP) is 2.07. The third-order valence-corrected chi connectivity index (χ3v) is 3.77. The number of alkyl halides is 3. The van der Waals surface area contributed by atoms with Crippen molar-refractivity contribution < 1.29 is 13.2 Å². The van der Waals surface area contributed by atoms with Gasteiger partial charge in [0.2, 0.25) is 5.82 Å². The topological polar surface area (TPSA) is 44.3 Å². The van der Waals surface area contributed by atoms with Gasteiger partial charge in [0.1, 0.15) is 11.6 Å². The zero-order valence-corrected chi connectivity index (χ0v) is 12.4. The number of aromatic nitrogens is 2. The maximum atomic E-state index is 12.8. The van der Waals surface area contributed by atoms with Gasteiger partial charge in [-0.2, -0.15) is 13.2 Å². The Labute approximate surface area is 122 Å². The smallest absolute Gasteiger partial charge is 0.373 e. The van der Waals surface area contributed by atoms with Crippen molar-refractivity contribution in [2.24, 2.45) is 0 Å². The monoisotopic (exact) mass is 303 g/mol. The fourth-order valence-corrected chi connectivity index (χ4v) is 2.50. The van der Waals surface area contributed by atoms with Crippen LogP contribution in [0.15, 0.2) is 6.07 Å². The number of hydrogen-bond acceptors (Lipinski definition) is 5. The van der Waals surface area contributed by atoms with Gasteiger partial charge in [-0.1, -0.05) is 0 Å². The number of nitrogens with one attached hydrogen (secondary N) is 1. The van der Waals surface area contributed by atoms with E-state index in [9.17, 15) is 13.2 Å². The highest BCUT2D eigenvalue weighted by atomic mass is 19.4. The van der Waals surface area contributed by atoms with Crippen LogP contribution in [0.25, 0.3) is 0 Å². The highest BCUT2D eigenvalue weighted by Gasteiger charge is 2.36. The molecule has 0 aliphatic carbocycles. The molecule has 5 nitrogen and oxygen atoms in total. The summed E-state index contributed by atoms with van der Waals surface area (Å²) >= 11 is 0. The molecule has 1 saturated heterocycles. The molecule has 1 unspecified atom stereocenters. The Morgan fingerprint density at radius 1 is 1.43 bits per heavy atom. The SMILES string of the molecule is CNc1cc(N(C)CC2CCCN2C)nc(C(F)(F)F)n1. The number of halogens is 3. The third-order valence-electron chi connectivity index (χ3n) is 3.77. The molecule has 2 heterocycles. The molecule has 0 bridgehead atoms. The predicted molar refractivity (Wildman–Crippen MR) is 75.5 cm³/mol. The Morgan fingerprint density at radius 2 is 2.14 bits per heavy atom. The largest absolute Gasteiger partial charge is 0.451 e. The van der Waals surface area contributed by atoms with Crippen molar-refractivity contribution in [3.05, 3.63) is 11.9 Å². The second-order valence-corrected chi connectivity index (χ2v) is 5.34. The molecule has 1 atom stereocenters. The van der Waals surface area contributed by atoms with E-state index in [2.05, 4.69) is 20.2 Å². The molecule has 1 aromatic rings. The molecule has 1 N–H and O–H groups in total. The van der Waals surface area contributed by atoms with Crippen LogP contribution >= 0.6 is 0 Å². The van der Waals surface area contributed by atoms with Crippen molar-refractivity contribution in [1.82, 2.24) is 14.9 Å². The van der Waals surface area contributed by atoms with Gasteiger partial charge in [-0.05, 0) is 26.4 Å². The summed E-state index contributed by atoms with van der Waals surface area (Å²) in [5.41, 5.74) is 0. The number of likely N-dealkylation sites (tertiary alicyclic amines) is 1. The fourth-order valence-electron chi connectivity index (χ4n) is 2.50. The summed E-state index contributed by atoms with van der Waals surface area (Å²) in [7, 11) is 5.33. The molecule has 8 heteroatoms. The summed E-state index contributed by atoms with van der Waals surface area (Å²) in [5.74, 6) is -0.670. The molecule has 1 aromatic heterocycles. The molecule has 1 aliphatic heterocycles. The lowest BCUT2D eigenvalue weighted by Gasteiger charge is -2.27. The number of nitrogens with zero attached hydrogens (tertiary/aromatic N) is 4. The van der Waals surface area contributed by atoms with Gasteiger partial charge < -0.3 is 15.1 Å². The van der Waals surface area contributed by atoms with Crippen molar-refractivity contribution in [3.8, 4) is 0 Å². The van der Waals surface area contributed by atoms with Crippen molar-refractivity contribution in [2.75, 3.05) is 44.4 Å². The van der Waals surface area contributed by atoms with Gasteiger partial charge in [0.25, 0.3) is 0 Å². The molecular formula is C13H20F3N5. The Hall–Kier alpha value is -1.57. The second-order valence-electron chi connectivity index (χ2n) is 5.34. The van der Waals surface area contributed by atoms with Crippen molar-refractivity contribution in [1.29, 1.82) is 0 Å². The molecule has 1 aliphatic rings. The number of hydrogen-bond donors (Lipinski definition) is 1. The zero-order valence-electron chi connectivity index (χ0n) is 12.4. The second kappa shape index (κ2) is 6.05. The average molecular weight is 303 g/mol. The van der Waals surface area contributed by atoms with E-state index >= 15 is 0 Å². The van der Waals surface area contributed by atoms with E-state index in [1.165, 1.54) is 13.1 Å². The Morgan fingerprint density at radius 3 is 2.67 bits per heavy atom. The van der Waals surface area contributed by atoms with Gasteiger partial charge in [0.05, 0.1) is 0 Å².